The first-order chi connectivity index (χ1) is 6.00. The van der Waals surface area contributed by atoms with Gasteiger partial charge in [0.25, 0.3) is 0 Å². The van der Waals surface area contributed by atoms with E-state index in [1.54, 1.807) is 11.0 Å². The van der Waals surface area contributed by atoms with Crippen molar-refractivity contribution in [3.63, 3.8) is 0 Å². The van der Waals surface area contributed by atoms with Gasteiger partial charge in [0.1, 0.15) is 0 Å². The zero-order valence-corrected chi connectivity index (χ0v) is 9.78. The Morgan fingerprint density at radius 1 is 0.833 bits per heavy atom. The SMILES string of the molecule is C1CCCCSSS[N]CCC1. The molecule has 0 atom stereocenters. The summed E-state index contributed by atoms with van der Waals surface area (Å²) in [6.07, 6.45) is 8.32. The number of hydrogen-bond donors (Lipinski definition) is 0. The van der Waals surface area contributed by atoms with Gasteiger partial charge in [-0.1, -0.05) is 36.5 Å². The molecule has 1 saturated heterocycles. The van der Waals surface area contributed by atoms with Gasteiger partial charge in [-0.05, 0) is 22.7 Å². The van der Waals surface area contributed by atoms with Crippen molar-refractivity contribution in [3.8, 4) is 0 Å². The highest BCUT2D eigenvalue weighted by molar-refractivity contribution is 9.09. The summed E-state index contributed by atoms with van der Waals surface area (Å²) in [7, 11) is 5.46. The average molecular weight is 222 g/mol. The Bertz CT molecular complexity index is 57.3. The fraction of sp³-hybridized carbons (Fsp3) is 1.00. The first-order valence-electron chi connectivity index (χ1n) is 4.62. The normalized spacial score (nSPS) is 24.0. The molecule has 0 aliphatic carbocycles. The second-order valence-corrected chi connectivity index (χ2v) is 6.91. The van der Waals surface area contributed by atoms with E-state index in [1.165, 1.54) is 44.3 Å². The Hall–Kier alpha value is 1.01. The Morgan fingerprint density at radius 2 is 1.58 bits per heavy atom. The number of hydrogen-bond acceptors (Lipinski definition) is 3. The lowest BCUT2D eigenvalue weighted by Gasteiger charge is -2.04. The van der Waals surface area contributed by atoms with Crippen LogP contribution in [0.4, 0.5) is 0 Å². The van der Waals surface area contributed by atoms with Crippen LogP contribution >= 0.6 is 31.6 Å². The molecule has 0 aromatic heterocycles. The average Bonchev–Trinajstić information content (AvgIpc) is 2.05. The van der Waals surface area contributed by atoms with Crippen molar-refractivity contribution in [1.82, 2.24) is 4.72 Å². The lowest BCUT2D eigenvalue weighted by molar-refractivity contribution is 0.607. The molecule has 1 radical (unpaired) electrons. The van der Waals surface area contributed by atoms with Crippen molar-refractivity contribution in [2.45, 2.75) is 38.5 Å². The van der Waals surface area contributed by atoms with Crippen LogP contribution in [0.3, 0.4) is 0 Å². The summed E-state index contributed by atoms with van der Waals surface area (Å²) in [5, 5.41) is 0. The molecule has 1 nitrogen and oxygen atoms in total. The predicted molar refractivity (Wildman–Crippen MR) is 62.3 cm³/mol. The quantitative estimate of drug-likeness (QED) is 0.456. The minimum atomic E-state index is 1.05. The molecule has 1 fully saturated rings. The van der Waals surface area contributed by atoms with Gasteiger partial charge in [0, 0.05) is 23.3 Å². The monoisotopic (exact) mass is 222 g/mol. The first kappa shape index (κ1) is 11.1. The van der Waals surface area contributed by atoms with E-state index in [4.69, 9.17) is 0 Å². The molecule has 0 unspecified atom stereocenters. The Kier molecular flexibility index (Phi) is 7.95. The molecule has 0 bridgehead atoms. The van der Waals surface area contributed by atoms with Crippen molar-refractivity contribution >= 4 is 31.6 Å². The highest BCUT2D eigenvalue weighted by Crippen LogP contribution is 2.33. The third-order valence-electron chi connectivity index (χ3n) is 1.86. The van der Waals surface area contributed by atoms with Gasteiger partial charge in [-0.15, -0.1) is 0 Å². The third kappa shape index (κ3) is 6.52. The Morgan fingerprint density at radius 3 is 2.50 bits per heavy atom. The zero-order chi connectivity index (χ0) is 8.49. The van der Waals surface area contributed by atoms with Crippen LogP contribution in [0.25, 0.3) is 0 Å². The highest BCUT2D eigenvalue weighted by atomic mass is 33.5. The third-order valence-corrected chi connectivity index (χ3v) is 5.46. The largest absolute Gasteiger partial charge is 0.164 e. The van der Waals surface area contributed by atoms with E-state index in [-0.39, 0.29) is 0 Å². The predicted octanol–water partition coefficient (Wildman–Crippen LogP) is 3.89. The van der Waals surface area contributed by atoms with E-state index in [0.717, 1.165) is 6.54 Å². The smallest absolute Gasteiger partial charge is 0.0265 e. The van der Waals surface area contributed by atoms with Crippen molar-refractivity contribution in [1.29, 1.82) is 0 Å². The van der Waals surface area contributed by atoms with Crippen LogP contribution in [0.5, 0.6) is 0 Å². The molecule has 0 amide bonds. The van der Waals surface area contributed by atoms with Crippen LogP contribution in [0.1, 0.15) is 38.5 Å². The van der Waals surface area contributed by atoms with Crippen molar-refractivity contribution in [3.05, 3.63) is 0 Å². The maximum absolute atomic E-state index is 4.36. The van der Waals surface area contributed by atoms with Crippen LogP contribution in [0.2, 0.25) is 0 Å². The first-order valence-corrected chi connectivity index (χ1v) is 8.23. The van der Waals surface area contributed by atoms with Crippen LogP contribution in [0.15, 0.2) is 0 Å². The van der Waals surface area contributed by atoms with E-state index < -0.39 is 0 Å². The molecule has 0 saturated carbocycles. The summed E-state index contributed by atoms with van der Waals surface area (Å²) in [6.45, 7) is 1.05. The summed E-state index contributed by atoms with van der Waals surface area (Å²) in [6, 6.07) is 0. The fourth-order valence-electron chi connectivity index (χ4n) is 1.16. The molecular formula is C8H16NS3. The van der Waals surface area contributed by atoms with E-state index in [9.17, 15) is 0 Å². The van der Waals surface area contributed by atoms with Gasteiger partial charge in [0.15, 0.2) is 0 Å². The molecule has 71 valence electrons. The molecule has 0 spiro atoms. The summed E-state index contributed by atoms with van der Waals surface area (Å²) in [4.78, 5) is 0. The summed E-state index contributed by atoms with van der Waals surface area (Å²) in [5.41, 5.74) is 0. The van der Waals surface area contributed by atoms with Crippen molar-refractivity contribution in [2.24, 2.45) is 0 Å². The molecule has 0 N–H and O–H groups in total. The van der Waals surface area contributed by atoms with E-state index in [2.05, 4.69) is 4.72 Å². The van der Waals surface area contributed by atoms with Gasteiger partial charge >= 0.3 is 0 Å². The summed E-state index contributed by atoms with van der Waals surface area (Å²) < 4.78 is 4.36. The van der Waals surface area contributed by atoms with Crippen LogP contribution in [0, 0.1) is 0 Å². The molecule has 1 rings (SSSR count). The van der Waals surface area contributed by atoms with Gasteiger partial charge < -0.3 is 0 Å². The fourth-order valence-corrected chi connectivity index (χ4v) is 4.26. The maximum atomic E-state index is 4.36. The molecule has 1 heterocycles. The van der Waals surface area contributed by atoms with Gasteiger partial charge in [-0.3, -0.25) is 0 Å². The standard InChI is InChI=1S/C8H16NS3/c1-2-4-6-8-10-12-11-9-7-5-3-1/h1-8H2. The number of rotatable bonds is 0. The van der Waals surface area contributed by atoms with Gasteiger partial charge in [-0.2, -0.15) is 4.72 Å². The minimum absolute atomic E-state index is 1.05. The molecule has 1 aliphatic rings. The zero-order valence-electron chi connectivity index (χ0n) is 7.33. The lowest BCUT2D eigenvalue weighted by atomic mass is 10.1. The second-order valence-electron chi connectivity index (χ2n) is 2.94. The van der Waals surface area contributed by atoms with E-state index in [1.807, 2.05) is 20.6 Å². The second kappa shape index (κ2) is 8.60. The minimum Gasteiger partial charge on any atom is -0.164 e. The van der Waals surface area contributed by atoms with Gasteiger partial charge in [-0.25, -0.2) is 0 Å². The van der Waals surface area contributed by atoms with Crippen molar-refractivity contribution < 1.29 is 0 Å². The number of nitrogens with zero attached hydrogens (tertiary/aromatic N) is 1. The van der Waals surface area contributed by atoms with E-state index in [0.29, 0.717) is 0 Å². The molecule has 0 aromatic carbocycles. The van der Waals surface area contributed by atoms with Crippen LogP contribution < -0.4 is 4.72 Å². The van der Waals surface area contributed by atoms with Gasteiger partial charge in [0.05, 0.1) is 0 Å². The van der Waals surface area contributed by atoms with Crippen molar-refractivity contribution in [2.75, 3.05) is 12.3 Å². The molecular weight excluding hydrogens is 206 g/mol. The summed E-state index contributed by atoms with van der Waals surface area (Å²) >= 11 is 0. The van der Waals surface area contributed by atoms with Crippen LogP contribution in [-0.2, 0) is 0 Å². The van der Waals surface area contributed by atoms with Gasteiger partial charge in [0.2, 0.25) is 0 Å². The van der Waals surface area contributed by atoms with E-state index >= 15 is 0 Å². The highest BCUT2D eigenvalue weighted by Gasteiger charge is 1.97. The Labute approximate surface area is 87.1 Å². The lowest BCUT2D eigenvalue weighted by Crippen LogP contribution is -1.95. The van der Waals surface area contributed by atoms with Crippen LogP contribution in [-0.4, -0.2) is 12.3 Å². The molecule has 4 heteroatoms. The molecule has 1 aliphatic heterocycles. The summed E-state index contributed by atoms with van der Waals surface area (Å²) in [5.74, 6) is 1.30. The molecule has 0 aromatic rings. The molecule has 12 heavy (non-hydrogen) atoms. The maximum Gasteiger partial charge on any atom is 0.0265 e. The Balaban J connectivity index is 2.00. The topological polar surface area (TPSA) is 14.1 Å².